The molecule has 0 spiro atoms. The summed E-state index contributed by atoms with van der Waals surface area (Å²) in [7, 11) is 0. The van der Waals surface area contributed by atoms with E-state index in [4.69, 9.17) is 0 Å². The lowest BCUT2D eigenvalue weighted by atomic mass is 10.5. The van der Waals surface area contributed by atoms with Crippen LogP contribution in [0.5, 0.6) is 0 Å². The van der Waals surface area contributed by atoms with Gasteiger partial charge in [-0.3, -0.25) is 0 Å². The van der Waals surface area contributed by atoms with Gasteiger partial charge in [-0.1, -0.05) is 32.1 Å². The fourth-order valence-corrected chi connectivity index (χ4v) is 1.77. The average molecular weight is 140 g/mol. The summed E-state index contributed by atoms with van der Waals surface area (Å²) in [5.41, 5.74) is 0. The molecule has 0 bridgehead atoms. The Morgan fingerprint density at radius 1 is 1.56 bits per heavy atom. The van der Waals surface area contributed by atoms with E-state index in [0.29, 0.717) is 0 Å². The molecular formula is C8H12S. The Morgan fingerprint density at radius 3 is 2.78 bits per heavy atom. The summed E-state index contributed by atoms with van der Waals surface area (Å²) in [5.74, 6) is 0. The second-order valence-corrected chi connectivity index (χ2v) is 4.13. The van der Waals surface area contributed by atoms with Crippen LogP contribution in [0, 0.1) is 0 Å². The second-order valence-electron chi connectivity index (χ2n) is 2.43. The molecule has 0 aromatic rings. The Morgan fingerprint density at radius 2 is 2.33 bits per heavy atom. The summed E-state index contributed by atoms with van der Waals surface area (Å²) >= 11 is 1.96. The molecule has 0 aliphatic heterocycles. The highest BCUT2D eigenvalue weighted by Gasteiger charge is 2.01. The molecule has 0 heterocycles. The highest BCUT2D eigenvalue weighted by Crippen LogP contribution is 2.27. The van der Waals surface area contributed by atoms with Gasteiger partial charge in [-0.2, -0.15) is 0 Å². The summed E-state index contributed by atoms with van der Waals surface area (Å²) in [6, 6.07) is 0. The van der Waals surface area contributed by atoms with E-state index in [1.165, 1.54) is 4.91 Å². The molecule has 50 valence electrons. The van der Waals surface area contributed by atoms with Gasteiger partial charge in [0.05, 0.1) is 0 Å². The first-order chi connectivity index (χ1) is 4.29. The van der Waals surface area contributed by atoms with E-state index in [9.17, 15) is 0 Å². The van der Waals surface area contributed by atoms with E-state index in [-0.39, 0.29) is 0 Å². The van der Waals surface area contributed by atoms with Crippen molar-refractivity contribution in [2.45, 2.75) is 25.5 Å². The van der Waals surface area contributed by atoms with Crippen LogP contribution in [-0.4, -0.2) is 5.25 Å². The molecule has 0 atom stereocenters. The largest absolute Gasteiger partial charge is 0.127 e. The minimum absolute atomic E-state index is 0.733. The fourth-order valence-electron chi connectivity index (χ4n) is 0.818. The minimum atomic E-state index is 0.733. The van der Waals surface area contributed by atoms with Crippen LogP contribution >= 0.6 is 11.8 Å². The van der Waals surface area contributed by atoms with E-state index in [0.717, 1.165) is 11.7 Å². The van der Waals surface area contributed by atoms with Crippen molar-refractivity contribution in [3.05, 3.63) is 23.1 Å². The number of hydrogen-bond acceptors (Lipinski definition) is 1. The van der Waals surface area contributed by atoms with Gasteiger partial charge in [0.1, 0.15) is 0 Å². The Bertz CT molecular complexity index is 143. The predicted octanol–water partition coefficient (Wildman–Crippen LogP) is 2.97. The molecule has 1 heteroatoms. The summed E-state index contributed by atoms with van der Waals surface area (Å²) in [4.78, 5) is 1.50. The number of rotatable bonds is 2. The maximum absolute atomic E-state index is 2.23. The lowest BCUT2D eigenvalue weighted by molar-refractivity contribution is 1.11. The van der Waals surface area contributed by atoms with Crippen molar-refractivity contribution < 1.29 is 0 Å². The van der Waals surface area contributed by atoms with Crippen LogP contribution in [0.1, 0.15) is 20.3 Å². The first kappa shape index (κ1) is 6.94. The maximum Gasteiger partial charge on any atom is 0.00346 e. The van der Waals surface area contributed by atoms with Crippen molar-refractivity contribution in [3.8, 4) is 0 Å². The second kappa shape index (κ2) is 3.11. The fraction of sp³-hybridized carbons (Fsp3) is 0.500. The van der Waals surface area contributed by atoms with Gasteiger partial charge in [0.15, 0.2) is 0 Å². The van der Waals surface area contributed by atoms with Gasteiger partial charge in [0, 0.05) is 5.25 Å². The van der Waals surface area contributed by atoms with Crippen molar-refractivity contribution in [1.82, 2.24) is 0 Å². The maximum atomic E-state index is 2.23. The molecule has 1 aliphatic carbocycles. The van der Waals surface area contributed by atoms with Crippen molar-refractivity contribution in [1.29, 1.82) is 0 Å². The third-order valence-electron chi connectivity index (χ3n) is 1.12. The van der Waals surface area contributed by atoms with Crippen LogP contribution in [0.2, 0.25) is 0 Å². The van der Waals surface area contributed by atoms with Crippen LogP contribution in [0.4, 0.5) is 0 Å². The Hall–Kier alpha value is -0.170. The SMILES string of the molecule is CC(C)SC1=CC=CC1. The molecule has 0 nitrogen and oxygen atoms in total. The van der Waals surface area contributed by atoms with Crippen molar-refractivity contribution in [2.24, 2.45) is 0 Å². The lowest BCUT2D eigenvalue weighted by Gasteiger charge is -2.03. The summed E-state index contributed by atoms with van der Waals surface area (Å²) in [6.07, 6.45) is 7.68. The average Bonchev–Trinajstić information content (AvgIpc) is 2.15. The molecular weight excluding hydrogens is 128 g/mol. The van der Waals surface area contributed by atoms with E-state index < -0.39 is 0 Å². The molecule has 1 aliphatic rings. The normalized spacial score (nSPS) is 17.0. The van der Waals surface area contributed by atoms with Crippen molar-refractivity contribution >= 4 is 11.8 Å². The zero-order chi connectivity index (χ0) is 6.69. The van der Waals surface area contributed by atoms with E-state index in [1.54, 1.807) is 0 Å². The molecule has 0 aromatic carbocycles. The molecule has 0 saturated heterocycles. The third-order valence-corrected chi connectivity index (χ3v) is 2.20. The molecule has 0 unspecified atom stereocenters. The number of hydrogen-bond donors (Lipinski definition) is 0. The highest BCUT2D eigenvalue weighted by atomic mass is 32.2. The van der Waals surface area contributed by atoms with Gasteiger partial charge < -0.3 is 0 Å². The van der Waals surface area contributed by atoms with Gasteiger partial charge in [0.25, 0.3) is 0 Å². The molecule has 0 saturated carbocycles. The molecule has 0 N–H and O–H groups in total. The predicted molar refractivity (Wildman–Crippen MR) is 44.6 cm³/mol. The van der Waals surface area contributed by atoms with Crippen LogP contribution in [0.3, 0.4) is 0 Å². The van der Waals surface area contributed by atoms with Crippen molar-refractivity contribution in [2.75, 3.05) is 0 Å². The molecule has 1 rings (SSSR count). The Kier molecular flexibility index (Phi) is 2.40. The standard InChI is InChI=1S/C8H12S/c1-7(2)9-8-5-3-4-6-8/h3-5,7H,6H2,1-2H3. The summed E-state index contributed by atoms with van der Waals surface area (Å²) in [6.45, 7) is 4.45. The van der Waals surface area contributed by atoms with Crippen LogP contribution < -0.4 is 0 Å². The van der Waals surface area contributed by atoms with E-state index >= 15 is 0 Å². The van der Waals surface area contributed by atoms with Gasteiger partial charge in [-0.15, -0.1) is 11.8 Å². The summed E-state index contributed by atoms with van der Waals surface area (Å²) < 4.78 is 0. The number of thioether (sulfide) groups is 1. The van der Waals surface area contributed by atoms with Crippen LogP contribution in [0.25, 0.3) is 0 Å². The topological polar surface area (TPSA) is 0 Å². The Labute approximate surface area is 61.0 Å². The lowest BCUT2D eigenvalue weighted by Crippen LogP contribution is -1.85. The smallest absolute Gasteiger partial charge is 0.00346 e. The molecule has 0 aromatic heterocycles. The molecule has 0 fully saturated rings. The van der Waals surface area contributed by atoms with Gasteiger partial charge in [0.2, 0.25) is 0 Å². The first-order valence-corrected chi connectivity index (χ1v) is 4.19. The number of allylic oxidation sites excluding steroid dienone is 4. The zero-order valence-corrected chi connectivity index (χ0v) is 6.74. The van der Waals surface area contributed by atoms with Gasteiger partial charge >= 0.3 is 0 Å². The molecule has 0 amide bonds. The summed E-state index contributed by atoms with van der Waals surface area (Å²) in [5, 5.41) is 0.733. The van der Waals surface area contributed by atoms with Crippen LogP contribution in [-0.2, 0) is 0 Å². The van der Waals surface area contributed by atoms with Gasteiger partial charge in [-0.25, -0.2) is 0 Å². The van der Waals surface area contributed by atoms with Crippen molar-refractivity contribution in [3.63, 3.8) is 0 Å². The molecule has 9 heavy (non-hydrogen) atoms. The first-order valence-electron chi connectivity index (χ1n) is 3.31. The van der Waals surface area contributed by atoms with E-state index in [2.05, 4.69) is 32.1 Å². The minimum Gasteiger partial charge on any atom is -0.127 e. The Balaban J connectivity index is 2.30. The van der Waals surface area contributed by atoms with Crippen LogP contribution in [0.15, 0.2) is 23.1 Å². The highest BCUT2D eigenvalue weighted by molar-refractivity contribution is 8.03. The van der Waals surface area contributed by atoms with Gasteiger partial charge in [-0.05, 0) is 11.3 Å². The third kappa shape index (κ3) is 2.27. The zero-order valence-electron chi connectivity index (χ0n) is 5.92. The monoisotopic (exact) mass is 140 g/mol. The molecule has 0 radical (unpaired) electrons. The van der Waals surface area contributed by atoms with E-state index in [1.807, 2.05) is 11.8 Å². The quantitative estimate of drug-likeness (QED) is 0.568.